The van der Waals surface area contributed by atoms with E-state index < -0.39 is 16.1 Å². The zero-order chi connectivity index (χ0) is 15.6. The van der Waals surface area contributed by atoms with Gasteiger partial charge in [-0.2, -0.15) is 0 Å². The fourth-order valence-corrected chi connectivity index (χ4v) is 2.86. The normalized spacial score (nSPS) is 14.3. The van der Waals surface area contributed by atoms with E-state index in [0.29, 0.717) is 6.42 Å². The Kier molecular flexibility index (Phi) is 5.35. The Bertz CT molecular complexity index is 559. The lowest BCUT2D eigenvalue weighted by atomic mass is 9.87. The highest BCUT2D eigenvalue weighted by Crippen LogP contribution is 2.21. The van der Waals surface area contributed by atoms with Crippen LogP contribution in [0.5, 0.6) is 0 Å². The second kappa shape index (κ2) is 6.24. The smallest absolute Gasteiger partial charge is 0.240 e. The maximum atomic E-state index is 12.1. The van der Waals surface area contributed by atoms with E-state index in [1.807, 2.05) is 34.6 Å². The van der Waals surface area contributed by atoms with Crippen LogP contribution in [0, 0.1) is 19.3 Å². The van der Waals surface area contributed by atoms with Crippen LogP contribution in [0.3, 0.4) is 0 Å². The van der Waals surface area contributed by atoms with Crippen LogP contribution in [0.1, 0.15) is 38.3 Å². The Labute approximate surface area is 122 Å². The van der Waals surface area contributed by atoms with E-state index in [1.54, 1.807) is 18.2 Å². The van der Waals surface area contributed by atoms with Gasteiger partial charge in [0.05, 0.1) is 11.0 Å². The summed E-state index contributed by atoms with van der Waals surface area (Å²) < 4.78 is 26.8. The van der Waals surface area contributed by atoms with Gasteiger partial charge in [0.1, 0.15) is 0 Å². The molecule has 5 heteroatoms. The van der Waals surface area contributed by atoms with Gasteiger partial charge in [0.25, 0.3) is 0 Å². The van der Waals surface area contributed by atoms with Crippen molar-refractivity contribution in [2.45, 2.75) is 52.0 Å². The molecular formula is C15H25NO3S. The van der Waals surface area contributed by atoms with E-state index in [2.05, 4.69) is 4.72 Å². The summed E-state index contributed by atoms with van der Waals surface area (Å²) in [5, 5.41) is 9.90. The van der Waals surface area contributed by atoms with Crippen LogP contribution in [0.2, 0.25) is 0 Å². The molecule has 0 unspecified atom stereocenters. The molecule has 1 atom stereocenters. The molecular weight excluding hydrogens is 274 g/mol. The Morgan fingerprint density at radius 2 is 1.80 bits per heavy atom. The molecule has 114 valence electrons. The van der Waals surface area contributed by atoms with Crippen molar-refractivity contribution >= 4 is 10.0 Å². The lowest BCUT2D eigenvalue weighted by Gasteiger charge is -2.25. The van der Waals surface area contributed by atoms with E-state index in [-0.39, 0.29) is 16.9 Å². The Hall–Kier alpha value is -0.910. The summed E-state index contributed by atoms with van der Waals surface area (Å²) >= 11 is 0. The predicted octanol–water partition coefficient (Wildman–Crippen LogP) is 2.38. The minimum absolute atomic E-state index is 0.230. The predicted molar refractivity (Wildman–Crippen MR) is 81.2 cm³/mol. The van der Waals surface area contributed by atoms with Gasteiger partial charge in [0.2, 0.25) is 10.0 Å². The van der Waals surface area contributed by atoms with Crippen molar-refractivity contribution in [1.29, 1.82) is 0 Å². The quantitative estimate of drug-likeness (QED) is 0.877. The number of aliphatic hydroxyl groups excluding tert-OH is 1. The number of hydrogen-bond acceptors (Lipinski definition) is 3. The SMILES string of the molecule is Cc1ccc(S(=O)(=O)NCC[C@H](O)C(C)(C)C)cc1C. The highest BCUT2D eigenvalue weighted by atomic mass is 32.2. The van der Waals surface area contributed by atoms with Crippen molar-refractivity contribution in [2.24, 2.45) is 5.41 Å². The number of benzene rings is 1. The maximum Gasteiger partial charge on any atom is 0.240 e. The molecule has 0 heterocycles. The average molecular weight is 299 g/mol. The van der Waals surface area contributed by atoms with E-state index >= 15 is 0 Å². The van der Waals surface area contributed by atoms with E-state index in [9.17, 15) is 13.5 Å². The average Bonchev–Trinajstić information content (AvgIpc) is 2.31. The molecule has 1 rings (SSSR count). The molecule has 0 radical (unpaired) electrons. The third kappa shape index (κ3) is 4.58. The van der Waals surface area contributed by atoms with Crippen molar-refractivity contribution in [2.75, 3.05) is 6.54 Å². The number of rotatable bonds is 5. The van der Waals surface area contributed by atoms with Crippen molar-refractivity contribution in [3.05, 3.63) is 29.3 Å². The van der Waals surface area contributed by atoms with E-state index in [1.165, 1.54) is 0 Å². The molecule has 0 bridgehead atoms. The molecule has 1 aromatic carbocycles. The zero-order valence-corrected chi connectivity index (χ0v) is 13.7. The van der Waals surface area contributed by atoms with Gasteiger partial charge in [-0.15, -0.1) is 0 Å². The van der Waals surface area contributed by atoms with Crippen LogP contribution in [-0.2, 0) is 10.0 Å². The van der Waals surface area contributed by atoms with Gasteiger partial charge in [-0.1, -0.05) is 26.8 Å². The van der Waals surface area contributed by atoms with Gasteiger partial charge in [-0.25, -0.2) is 13.1 Å². The van der Waals surface area contributed by atoms with Crippen LogP contribution in [0.25, 0.3) is 0 Å². The molecule has 0 aliphatic rings. The van der Waals surface area contributed by atoms with Gasteiger partial charge in [0, 0.05) is 6.54 Å². The highest BCUT2D eigenvalue weighted by Gasteiger charge is 2.22. The van der Waals surface area contributed by atoms with Crippen molar-refractivity contribution in [3.63, 3.8) is 0 Å². The topological polar surface area (TPSA) is 66.4 Å². The summed E-state index contributed by atoms with van der Waals surface area (Å²) in [5.74, 6) is 0. The van der Waals surface area contributed by atoms with Crippen LogP contribution < -0.4 is 4.72 Å². The Morgan fingerprint density at radius 1 is 1.20 bits per heavy atom. The summed E-state index contributed by atoms with van der Waals surface area (Å²) in [5.41, 5.74) is 1.76. The first-order chi connectivity index (χ1) is 9.04. The molecule has 1 aromatic rings. The fourth-order valence-electron chi connectivity index (χ4n) is 1.73. The maximum absolute atomic E-state index is 12.1. The zero-order valence-electron chi connectivity index (χ0n) is 12.9. The monoisotopic (exact) mass is 299 g/mol. The molecule has 0 saturated heterocycles. The molecule has 0 spiro atoms. The molecule has 4 nitrogen and oxygen atoms in total. The van der Waals surface area contributed by atoms with Crippen LogP contribution in [0.4, 0.5) is 0 Å². The number of hydrogen-bond donors (Lipinski definition) is 2. The number of aryl methyl sites for hydroxylation is 2. The standard InChI is InChI=1S/C15H25NO3S/c1-11-6-7-13(10-12(11)2)20(18,19)16-9-8-14(17)15(3,4)5/h6-7,10,14,16-17H,8-9H2,1-5H3/t14-/m0/s1. The lowest BCUT2D eigenvalue weighted by Crippen LogP contribution is -2.32. The summed E-state index contributed by atoms with van der Waals surface area (Å²) in [4.78, 5) is 0.269. The van der Waals surface area contributed by atoms with Gasteiger partial charge >= 0.3 is 0 Å². The third-order valence-electron chi connectivity index (χ3n) is 3.50. The summed E-state index contributed by atoms with van der Waals surface area (Å²) in [7, 11) is -3.50. The second-order valence-electron chi connectivity index (χ2n) is 6.31. The lowest BCUT2D eigenvalue weighted by molar-refractivity contribution is 0.0571. The number of aliphatic hydroxyl groups is 1. The first-order valence-electron chi connectivity index (χ1n) is 6.79. The molecule has 0 fully saturated rings. The molecule has 20 heavy (non-hydrogen) atoms. The van der Waals surface area contributed by atoms with E-state index in [4.69, 9.17) is 0 Å². The van der Waals surface area contributed by atoms with Gasteiger partial charge in [-0.3, -0.25) is 0 Å². The van der Waals surface area contributed by atoms with Crippen molar-refractivity contribution < 1.29 is 13.5 Å². The van der Waals surface area contributed by atoms with Crippen molar-refractivity contribution in [3.8, 4) is 0 Å². The Morgan fingerprint density at radius 3 is 2.30 bits per heavy atom. The molecule has 0 aliphatic carbocycles. The van der Waals surface area contributed by atoms with Gasteiger partial charge in [-0.05, 0) is 48.9 Å². The van der Waals surface area contributed by atoms with E-state index in [0.717, 1.165) is 11.1 Å². The van der Waals surface area contributed by atoms with Crippen LogP contribution >= 0.6 is 0 Å². The van der Waals surface area contributed by atoms with Crippen LogP contribution in [-0.4, -0.2) is 26.2 Å². The van der Waals surface area contributed by atoms with Crippen molar-refractivity contribution in [1.82, 2.24) is 4.72 Å². The molecule has 0 aromatic heterocycles. The van der Waals surface area contributed by atoms with Gasteiger partial charge in [0.15, 0.2) is 0 Å². The molecule has 2 N–H and O–H groups in total. The first kappa shape index (κ1) is 17.1. The number of sulfonamides is 1. The summed E-state index contributed by atoms with van der Waals surface area (Å²) in [6.07, 6.45) is -0.141. The minimum Gasteiger partial charge on any atom is -0.393 e. The molecule has 0 saturated carbocycles. The summed E-state index contributed by atoms with van der Waals surface area (Å²) in [6, 6.07) is 5.07. The third-order valence-corrected chi connectivity index (χ3v) is 4.96. The highest BCUT2D eigenvalue weighted by molar-refractivity contribution is 7.89. The largest absolute Gasteiger partial charge is 0.393 e. The Balaban J connectivity index is 2.69. The fraction of sp³-hybridized carbons (Fsp3) is 0.600. The second-order valence-corrected chi connectivity index (χ2v) is 8.08. The van der Waals surface area contributed by atoms with Crippen LogP contribution in [0.15, 0.2) is 23.1 Å². The number of nitrogens with one attached hydrogen (secondary N) is 1. The minimum atomic E-state index is -3.50. The van der Waals surface area contributed by atoms with Gasteiger partial charge < -0.3 is 5.11 Å². The molecule has 0 amide bonds. The summed E-state index contributed by atoms with van der Waals surface area (Å²) in [6.45, 7) is 9.84. The molecule has 0 aliphatic heterocycles. The first-order valence-corrected chi connectivity index (χ1v) is 8.27.